The lowest BCUT2D eigenvalue weighted by atomic mass is 10.1. The van der Waals surface area contributed by atoms with Crippen LogP contribution in [0.2, 0.25) is 0 Å². The van der Waals surface area contributed by atoms with E-state index in [-0.39, 0.29) is 18.4 Å². The van der Waals surface area contributed by atoms with E-state index in [1.54, 1.807) is 4.90 Å². The number of carbonyl (C=O) groups is 2. The molecule has 0 saturated carbocycles. The van der Waals surface area contributed by atoms with E-state index in [2.05, 4.69) is 5.16 Å². The maximum absolute atomic E-state index is 12.2. The van der Waals surface area contributed by atoms with Crippen LogP contribution in [0.3, 0.4) is 0 Å². The highest BCUT2D eigenvalue weighted by Gasteiger charge is 2.30. The van der Waals surface area contributed by atoms with E-state index in [1.165, 1.54) is 0 Å². The Hall–Kier alpha value is -1.85. The number of aromatic nitrogens is 1. The van der Waals surface area contributed by atoms with Crippen LogP contribution in [0.4, 0.5) is 0 Å². The molecule has 6 heteroatoms. The molecule has 1 atom stereocenters. The molecule has 2 rings (SSSR count). The van der Waals surface area contributed by atoms with Crippen molar-refractivity contribution in [2.24, 2.45) is 0 Å². The minimum Gasteiger partial charge on any atom is -0.481 e. The molecule has 1 aromatic rings. The summed E-state index contributed by atoms with van der Waals surface area (Å²) in [6.07, 6.45) is 2.67. The number of likely N-dealkylation sites (tertiary alicyclic amines) is 1. The molecule has 1 aliphatic heterocycles. The quantitative estimate of drug-likeness (QED) is 0.887. The van der Waals surface area contributed by atoms with Gasteiger partial charge in [0.25, 0.3) is 0 Å². The van der Waals surface area contributed by atoms with Crippen molar-refractivity contribution < 1.29 is 19.2 Å². The standard InChI is InChI=1S/C14H20N2O4/c1-9-12(10(2)20-15-9)5-6-13(17)16-7-3-4-11(16)8-14(18)19/h11H,3-8H2,1-2H3,(H,18,19). The van der Waals surface area contributed by atoms with Crippen molar-refractivity contribution in [3.63, 3.8) is 0 Å². The number of hydrogen-bond donors (Lipinski definition) is 1. The second-order valence-electron chi connectivity index (χ2n) is 5.28. The molecule has 110 valence electrons. The van der Waals surface area contributed by atoms with Crippen LogP contribution in [0.15, 0.2) is 4.52 Å². The van der Waals surface area contributed by atoms with Gasteiger partial charge in [0.15, 0.2) is 0 Å². The van der Waals surface area contributed by atoms with Gasteiger partial charge in [0.1, 0.15) is 5.76 Å². The molecule has 0 aliphatic carbocycles. The van der Waals surface area contributed by atoms with E-state index in [4.69, 9.17) is 9.63 Å². The van der Waals surface area contributed by atoms with Crippen molar-refractivity contribution in [1.82, 2.24) is 10.1 Å². The Bertz CT molecular complexity index is 490. The Labute approximate surface area is 117 Å². The minimum absolute atomic E-state index is 0.0220. The van der Waals surface area contributed by atoms with Gasteiger partial charge in [0.2, 0.25) is 5.91 Å². The SMILES string of the molecule is Cc1noc(C)c1CCC(=O)N1CCCC1CC(=O)O. The number of nitrogens with zero attached hydrogens (tertiary/aromatic N) is 2. The monoisotopic (exact) mass is 280 g/mol. The van der Waals surface area contributed by atoms with E-state index in [0.717, 1.165) is 29.9 Å². The summed E-state index contributed by atoms with van der Waals surface area (Å²) in [4.78, 5) is 24.8. The average molecular weight is 280 g/mol. The van der Waals surface area contributed by atoms with Gasteiger partial charge in [-0.3, -0.25) is 9.59 Å². The molecule has 0 bridgehead atoms. The molecule has 6 nitrogen and oxygen atoms in total. The van der Waals surface area contributed by atoms with Crippen molar-refractivity contribution in [2.45, 2.75) is 52.0 Å². The van der Waals surface area contributed by atoms with Crippen molar-refractivity contribution in [3.05, 3.63) is 17.0 Å². The average Bonchev–Trinajstić information content (AvgIpc) is 2.94. The van der Waals surface area contributed by atoms with Crippen molar-refractivity contribution in [2.75, 3.05) is 6.54 Å². The van der Waals surface area contributed by atoms with Crippen LogP contribution < -0.4 is 0 Å². The molecular weight excluding hydrogens is 260 g/mol. The van der Waals surface area contributed by atoms with E-state index in [1.807, 2.05) is 13.8 Å². The molecule has 1 saturated heterocycles. The number of rotatable bonds is 5. The number of carbonyl (C=O) groups excluding carboxylic acids is 1. The summed E-state index contributed by atoms with van der Waals surface area (Å²) in [6.45, 7) is 4.36. The number of carboxylic acid groups (broad SMARTS) is 1. The highest BCUT2D eigenvalue weighted by atomic mass is 16.5. The molecule has 1 aliphatic rings. The van der Waals surface area contributed by atoms with Gasteiger partial charge in [-0.05, 0) is 33.1 Å². The zero-order valence-electron chi connectivity index (χ0n) is 11.9. The highest BCUT2D eigenvalue weighted by molar-refractivity contribution is 5.78. The molecule has 20 heavy (non-hydrogen) atoms. The summed E-state index contributed by atoms with van der Waals surface area (Å²) in [6, 6.07) is -0.148. The molecule has 1 amide bonds. The Kier molecular flexibility index (Phi) is 4.42. The van der Waals surface area contributed by atoms with Gasteiger partial charge in [-0.15, -0.1) is 0 Å². The zero-order valence-corrected chi connectivity index (χ0v) is 11.9. The van der Waals surface area contributed by atoms with E-state index >= 15 is 0 Å². The third-order valence-electron chi connectivity index (χ3n) is 3.88. The van der Waals surface area contributed by atoms with Crippen LogP contribution in [0, 0.1) is 13.8 Å². The summed E-state index contributed by atoms with van der Waals surface area (Å²) in [5, 5.41) is 12.7. The molecular formula is C14H20N2O4. The normalized spacial score (nSPS) is 18.5. The lowest BCUT2D eigenvalue weighted by Gasteiger charge is -2.23. The van der Waals surface area contributed by atoms with Crippen LogP contribution in [0.5, 0.6) is 0 Å². The predicted octanol–water partition coefficient (Wildman–Crippen LogP) is 1.69. The molecule has 0 aromatic carbocycles. The number of carboxylic acids is 1. The second kappa shape index (κ2) is 6.07. The number of hydrogen-bond acceptors (Lipinski definition) is 4. The maximum Gasteiger partial charge on any atom is 0.305 e. The Morgan fingerprint density at radius 3 is 2.80 bits per heavy atom. The topological polar surface area (TPSA) is 83.6 Å². The van der Waals surface area contributed by atoms with Gasteiger partial charge in [0, 0.05) is 24.6 Å². The predicted molar refractivity (Wildman–Crippen MR) is 71.3 cm³/mol. The lowest BCUT2D eigenvalue weighted by molar-refractivity contribution is -0.139. The zero-order chi connectivity index (χ0) is 14.7. The summed E-state index contributed by atoms with van der Waals surface area (Å²) in [5.41, 5.74) is 1.80. The van der Waals surface area contributed by atoms with Crippen molar-refractivity contribution in [3.8, 4) is 0 Å². The smallest absolute Gasteiger partial charge is 0.305 e. The third-order valence-corrected chi connectivity index (χ3v) is 3.88. The van der Waals surface area contributed by atoms with Crippen LogP contribution in [-0.2, 0) is 16.0 Å². The van der Waals surface area contributed by atoms with E-state index in [0.29, 0.717) is 19.4 Å². The van der Waals surface area contributed by atoms with E-state index in [9.17, 15) is 9.59 Å². The largest absolute Gasteiger partial charge is 0.481 e. The van der Waals surface area contributed by atoms with Gasteiger partial charge < -0.3 is 14.5 Å². The van der Waals surface area contributed by atoms with Gasteiger partial charge in [-0.25, -0.2) is 0 Å². The summed E-state index contributed by atoms with van der Waals surface area (Å²) in [7, 11) is 0. The fourth-order valence-electron chi connectivity index (χ4n) is 2.81. The second-order valence-corrected chi connectivity index (χ2v) is 5.28. The Morgan fingerprint density at radius 2 is 2.20 bits per heavy atom. The Morgan fingerprint density at radius 1 is 1.45 bits per heavy atom. The van der Waals surface area contributed by atoms with Gasteiger partial charge >= 0.3 is 5.97 Å². The first-order valence-corrected chi connectivity index (χ1v) is 6.92. The first-order valence-electron chi connectivity index (χ1n) is 6.92. The number of aliphatic carboxylic acids is 1. The molecule has 1 aromatic heterocycles. The molecule has 2 heterocycles. The molecule has 1 fully saturated rings. The number of amides is 1. The Balaban J connectivity index is 1.93. The summed E-state index contributed by atoms with van der Waals surface area (Å²) >= 11 is 0. The van der Waals surface area contributed by atoms with Crippen molar-refractivity contribution in [1.29, 1.82) is 0 Å². The highest BCUT2D eigenvalue weighted by Crippen LogP contribution is 2.22. The first kappa shape index (κ1) is 14.6. The molecule has 1 N–H and O–H groups in total. The van der Waals surface area contributed by atoms with Crippen LogP contribution in [0.1, 0.15) is 42.7 Å². The first-order chi connectivity index (χ1) is 9.49. The summed E-state index contributed by atoms with van der Waals surface area (Å²) in [5.74, 6) is -0.0759. The third kappa shape index (κ3) is 3.18. The number of aryl methyl sites for hydroxylation is 2. The lowest BCUT2D eigenvalue weighted by Crippen LogP contribution is -2.37. The summed E-state index contributed by atoms with van der Waals surface area (Å²) < 4.78 is 5.07. The van der Waals surface area contributed by atoms with Crippen LogP contribution in [0.25, 0.3) is 0 Å². The molecule has 1 unspecified atom stereocenters. The van der Waals surface area contributed by atoms with Crippen LogP contribution in [-0.4, -0.2) is 39.6 Å². The van der Waals surface area contributed by atoms with Gasteiger partial charge in [-0.1, -0.05) is 5.16 Å². The van der Waals surface area contributed by atoms with Gasteiger partial charge in [-0.2, -0.15) is 0 Å². The van der Waals surface area contributed by atoms with Gasteiger partial charge in [0.05, 0.1) is 12.1 Å². The fourth-order valence-corrected chi connectivity index (χ4v) is 2.81. The fraction of sp³-hybridized carbons (Fsp3) is 0.643. The maximum atomic E-state index is 12.2. The van der Waals surface area contributed by atoms with E-state index < -0.39 is 5.97 Å². The minimum atomic E-state index is -0.847. The van der Waals surface area contributed by atoms with Crippen LogP contribution >= 0.6 is 0 Å². The van der Waals surface area contributed by atoms with Crippen molar-refractivity contribution >= 4 is 11.9 Å². The molecule has 0 radical (unpaired) electrons. The molecule has 0 spiro atoms.